The van der Waals surface area contributed by atoms with Crippen LogP contribution in [0.5, 0.6) is 11.5 Å². The number of imide groups is 1. The number of pyridine rings is 2. The van der Waals surface area contributed by atoms with Crippen LogP contribution in [0.2, 0.25) is 10.0 Å². The molecule has 352 valence electrons. The Hall–Kier alpha value is -7.30. The largest absolute Gasteiger partial charge is 0.493 e. The minimum absolute atomic E-state index is 0.0157. The zero-order valence-electron chi connectivity index (χ0n) is 37.4. The summed E-state index contributed by atoms with van der Waals surface area (Å²) in [6.45, 7) is 4.18. The van der Waals surface area contributed by atoms with Gasteiger partial charge in [-0.25, -0.2) is 4.98 Å². The average molecular weight is 965 g/mol. The number of hydrogen-bond acceptors (Lipinski definition) is 14. The van der Waals surface area contributed by atoms with Crippen molar-refractivity contribution in [3.05, 3.63) is 87.3 Å². The third-order valence-corrected chi connectivity index (χ3v) is 13.2. The van der Waals surface area contributed by atoms with Crippen LogP contribution in [0.1, 0.15) is 70.6 Å². The Balaban J connectivity index is 0.849. The molecule has 3 aliphatic heterocycles. The van der Waals surface area contributed by atoms with Crippen LogP contribution in [0.4, 0.5) is 11.5 Å². The molecule has 0 saturated carbocycles. The second-order valence-electron chi connectivity index (χ2n) is 16.5. The maximum atomic E-state index is 13.7. The van der Waals surface area contributed by atoms with Gasteiger partial charge in [-0.05, 0) is 50.5 Å². The molecule has 3 aliphatic rings. The van der Waals surface area contributed by atoms with Crippen LogP contribution in [-0.2, 0) is 19.2 Å². The second-order valence-corrected chi connectivity index (χ2v) is 17.4. The summed E-state index contributed by atoms with van der Waals surface area (Å²) in [7, 11) is 2.99. The van der Waals surface area contributed by atoms with Gasteiger partial charge in [0, 0.05) is 106 Å². The summed E-state index contributed by atoms with van der Waals surface area (Å²) in [5.41, 5.74) is 3.22. The normalized spacial score (nSPS) is 16.0. The number of likely N-dealkylation sites (tertiary alicyclic amines) is 1. The number of rotatable bonds is 15. The van der Waals surface area contributed by atoms with Crippen molar-refractivity contribution in [2.45, 2.75) is 44.8 Å². The molecule has 2 aromatic carbocycles. The molecule has 1 unspecified atom stereocenters. The number of anilines is 2. The van der Waals surface area contributed by atoms with E-state index in [1.165, 1.54) is 32.6 Å². The number of piperidine rings is 1. The number of ether oxygens (including phenoxy) is 2. The summed E-state index contributed by atoms with van der Waals surface area (Å²) in [5, 5.41) is 24.8. The molecule has 2 atom stereocenters. The molecule has 0 radical (unpaired) electrons. The Kier molecular flexibility index (Phi) is 14.1. The number of carbonyl (C=O) groups excluding carboxylic acids is 6. The van der Waals surface area contributed by atoms with Crippen LogP contribution in [0.15, 0.2) is 55.0 Å². The number of halogens is 2. The monoisotopic (exact) mass is 963 g/mol. The van der Waals surface area contributed by atoms with Crippen molar-refractivity contribution in [1.29, 1.82) is 5.26 Å². The number of nitrogens with zero attached hydrogens (tertiary/aromatic N) is 8. The quantitative estimate of drug-likeness (QED) is 0.0922. The highest BCUT2D eigenvalue weighted by molar-refractivity contribution is 6.35. The van der Waals surface area contributed by atoms with Crippen LogP contribution in [0, 0.1) is 17.2 Å². The molecule has 6 heterocycles. The maximum absolute atomic E-state index is 13.7. The van der Waals surface area contributed by atoms with Gasteiger partial charge in [0.25, 0.3) is 11.8 Å². The molecule has 5 aromatic rings. The first-order chi connectivity index (χ1) is 32.8. The first kappa shape index (κ1) is 47.2. The maximum Gasteiger partial charge on any atom is 0.264 e. The number of aldehydes is 1. The summed E-state index contributed by atoms with van der Waals surface area (Å²) in [4.78, 5) is 92.6. The fourth-order valence-corrected chi connectivity index (χ4v) is 9.62. The van der Waals surface area contributed by atoms with Crippen molar-refractivity contribution in [3.63, 3.8) is 0 Å². The Morgan fingerprint density at radius 3 is 2.40 bits per heavy atom. The van der Waals surface area contributed by atoms with Crippen LogP contribution in [0.3, 0.4) is 0 Å². The molecular formula is C47H47Cl2N11O8. The van der Waals surface area contributed by atoms with Gasteiger partial charge in [0.1, 0.15) is 30.0 Å². The first-order valence-electron chi connectivity index (χ1n) is 22.0. The van der Waals surface area contributed by atoms with Crippen LogP contribution >= 0.6 is 23.2 Å². The second kappa shape index (κ2) is 20.3. The third kappa shape index (κ3) is 9.33. The molecule has 0 aliphatic carbocycles. The number of piperazine rings is 1. The molecule has 8 rings (SSSR count). The molecule has 19 nitrogen and oxygen atoms in total. The van der Waals surface area contributed by atoms with Crippen molar-refractivity contribution in [2.24, 2.45) is 5.92 Å². The van der Waals surface area contributed by atoms with E-state index < -0.39 is 24.0 Å². The molecule has 2 saturated heterocycles. The number of aromatic nitrogens is 4. The van der Waals surface area contributed by atoms with E-state index in [9.17, 15) is 34.0 Å². The highest BCUT2D eigenvalue weighted by Gasteiger charge is 2.42. The van der Waals surface area contributed by atoms with Gasteiger partial charge in [-0.2, -0.15) is 10.4 Å². The predicted molar refractivity (Wildman–Crippen MR) is 251 cm³/mol. The van der Waals surface area contributed by atoms with E-state index in [-0.39, 0.29) is 59.8 Å². The fraction of sp³-hybridized carbons (Fsp3) is 0.362. The van der Waals surface area contributed by atoms with Gasteiger partial charge < -0.3 is 39.6 Å². The van der Waals surface area contributed by atoms with Gasteiger partial charge in [-0.15, -0.1) is 0 Å². The Labute approximate surface area is 400 Å². The number of nitriles is 1. The third-order valence-electron chi connectivity index (χ3n) is 12.6. The van der Waals surface area contributed by atoms with Crippen molar-refractivity contribution >= 4 is 81.4 Å². The summed E-state index contributed by atoms with van der Waals surface area (Å²) in [5.74, 6) is -0.745. The molecule has 68 heavy (non-hydrogen) atoms. The number of methoxy groups -OCH3 is 1. The van der Waals surface area contributed by atoms with Crippen LogP contribution in [0.25, 0.3) is 22.2 Å². The van der Waals surface area contributed by atoms with Crippen molar-refractivity contribution in [2.75, 3.05) is 70.2 Å². The number of benzene rings is 2. The number of fused-ring (bicyclic) bond motifs is 2. The fourth-order valence-electron chi connectivity index (χ4n) is 8.95. The van der Waals surface area contributed by atoms with E-state index in [4.69, 9.17) is 37.7 Å². The lowest BCUT2D eigenvalue weighted by atomic mass is 9.95. The first-order valence-corrected chi connectivity index (χ1v) is 22.8. The van der Waals surface area contributed by atoms with Crippen molar-refractivity contribution < 1.29 is 38.2 Å². The van der Waals surface area contributed by atoms with Crippen LogP contribution in [-0.4, -0.2) is 137 Å². The van der Waals surface area contributed by atoms with E-state index in [0.29, 0.717) is 119 Å². The Bertz CT molecular complexity index is 2830. The minimum atomic E-state index is -1.12. The van der Waals surface area contributed by atoms with Crippen LogP contribution < -0.4 is 25.0 Å². The zero-order chi connectivity index (χ0) is 48.2. The van der Waals surface area contributed by atoms with E-state index in [1.807, 2.05) is 16.7 Å². The number of carbonyl (C=O) groups is 6. The van der Waals surface area contributed by atoms with Crippen molar-refractivity contribution in [3.8, 4) is 28.8 Å². The number of aromatic amines is 1. The lowest BCUT2D eigenvalue weighted by molar-refractivity contribution is -0.140. The molecule has 0 spiro atoms. The topological polar surface area (TPSA) is 236 Å². The molecule has 5 amide bonds. The summed E-state index contributed by atoms with van der Waals surface area (Å²) < 4.78 is 11.9. The van der Waals surface area contributed by atoms with E-state index in [2.05, 4.69) is 31.9 Å². The summed E-state index contributed by atoms with van der Waals surface area (Å²) in [6.07, 6.45) is 5.49. The molecule has 3 aromatic heterocycles. The van der Waals surface area contributed by atoms with E-state index in [1.54, 1.807) is 41.4 Å². The highest BCUT2D eigenvalue weighted by atomic mass is 35.5. The molecule has 21 heteroatoms. The highest BCUT2D eigenvalue weighted by Crippen LogP contribution is 2.40. The lowest BCUT2D eigenvalue weighted by Crippen LogP contribution is -2.52. The number of H-pyrrole nitrogens is 1. The number of hydrogen-bond donors (Lipinski definition) is 3. The zero-order valence-corrected chi connectivity index (χ0v) is 38.9. The lowest BCUT2D eigenvalue weighted by Gasteiger charge is -2.39. The standard InChI is InChI=1S/C47H47Cl2N11O8/c1-26(41-33(48)22-52-23-34(41)49)68-38-18-32-36(19-37(38)67-3)55-56-43(32)29-17-28(20-50)44(54-21-29)58-13-15-59(16-14-58)45(64)27-9-11-57(12-10-27)40(63)24-53-35-6-4-5-31-42(35)47(66)60(46(31)65)30(25-61)7-8-39(62)51-2/h4-6,17-19,21-23,25-27,30,53H,7-16,24H2,1-3H3,(H,51,62)(H,55,56)/t26-,30?/m1/s1. The van der Waals surface area contributed by atoms with E-state index >= 15 is 0 Å². The summed E-state index contributed by atoms with van der Waals surface area (Å²) >= 11 is 12.8. The minimum Gasteiger partial charge on any atom is -0.493 e. The summed E-state index contributed by atoms with van der Waals surface area (Å²) in [6, 6.07) is 11.1. The van der Waals surface area contributed by atoms with Gasteiger partial charge in [-0.3, -0.25) is 39.0 Å². The van der Waals surface area contributed by atoms with Gasteiger partial charge in [0.15, 0.2) is 11.5 Å². The van der Waals surface area contributed by atoms with Crippen molar-refractivity contribution in [1.82, 2.24) is 40.2 Å². The molecule has 0 bridgehead atoms. The van der Waals surface area contributed by atoms with Gasteiger partial charge in [-0.1, -0.05) is 29.3 Å². The number of nitrogens with one attached hydrogen (secondary N) is 3. The van der Waals surface area contributed by atoms with Gasteiger partial charge >= 0.3 is 0 Å². The molecule has 3 N–H and O–H groups in total. The number of amides is 5. The Morgan fingerprint density at radius 1 is 0.985 bits per heavy atom. The average Bonchev–Trinajstić information content (AvgIpc) is 3.89. The SMILES string of the molecule is CNC(=O)CCC(C=O)N1C(=O)c2cccc(NCC(=O)N3CCC(C(=O)N4CCN(c5ncc(-c6n[nH]c7cc(OC)c(O[C@H](C)c8c(Cl)cncc8Cl)cc67)cc5C#N)CC4)CC3)c2C1=O. The van der Waals surface area contributed by atoms with Gasteiger partial charge in [0.2, 0.25) is 17.7 Å². The smallest absolute Gasteiger partial charge is 0.264 e. The molecule has 2 fully saturated rings. The predicted octanol–water partition coefficient (Wildman–Crippen LogP) is 5.04. The van der Waals surface area contributed by atoms with E-state index in [0.717, 1.165) is 4.90 Å². The molecular weight excluding hydrogens is 917 g/mol. The van der Waals surface area contributed by atoms with Gasteiger partial charge in [0.05, 0.1) is 51.9 Å². The Morgan fingerprint density at radius 2 is 1.72 bits per heavy atom.